The van der Waals surface area contributed by atoms with Gasteiger partial charge in [-0.05, 0) is 24.0 Å². The number of hydrogen-bond acceptors (Lipinski definition) is 5. The van der Waals surface area contributed by atoms with Gasteiger partial charge < -0.3 is 4.90 Å². The minimum atomic E-state index is -3.64. The summed E-state index contributed by atoms with van der Waals surface area (Å²) in [6.45, 7) is 0.941. The molecule has 110 valence electrons. The van der Waals surface area contributed by atoms with Crippen LogP contribution >= 0.6 is 0 Å². The Balaban J connectivity index is 2.40. The molecule has 0 saturated carbocycles. The average molecular weight is 304 g/mol. The summed E-state index contributed by atoms with van der Waals surface area (Å²) >= 11 is 0. The number of benzene rings is 1. The van der Waals surface area contributed by atoms with Crippen LogP contribution in [0.15, 0.2) is 34.9 Å². The molecule has 0 spiro atoms. The van der Waals surface area contributed by atoms with Crippen LogP contribution in [-0.2, 0) is 27.5 Å². The van der Waals surface area contributed by atoms with E-state index in [1.54, 1.807) is 11.0 Å². The van der Waals surface area contributed by atoms with Gasteiger partial charge in [-0.2, -0.15) is 5.26 Å². The summed E-state index contributed by atoms with van der Waals surface area (Å²) in [5.41, 5.74) is 2.03. The highest BCUT2D eigenvalue weighted by atomic mass is 32.2. The van der Waals surface area contributed by atoms with Gasteiger partial charge in [-0.25, -0.2) is 8.42 Å². The maximum Gasteiger partial charge on any atom is 0.192 e. The largest absolute Gasteiger partial charge is 0.360 e. The number of allylic oxidation sites excluding steroid dienone is 1. The molecular formula is C15H16N2O3S. The molecule has 0 saturated heterocycles. The lowest BCUT2D eigenvalue weighted by Gasteiger charge is -2.24. The molecule has 0 bridgehead atoms. The van der Waals surface area contributed by atoms with Crippen LogP contribution in [0.2, 0.25) is 0 Å². The summed E-state index contributed by atoms with van der Waals surface area (Å²) in [5, 5.41) is 8.84. The van der Waals surface area contributed by atoms with E-state index < -0.39 is 9.84 Å². The lowest BCUT2D eigenvalue weighted by atomic mass is 10.0. The third kappa shape index (κ3) is 3.31. The van der Waals surface area contributed by atoms with Crippen molar-refractivity contribution in [3.05, 3.63) is 46.0 Å². The van der Waals surface area contributed by atoms with Gasteiger partial charge >= 0.3 is 0 Å². The van der Waals surface area contributed by atoms with Crippen molar-refractivity contribution >= 4 is 16.1 Å². The number of aldehydes is 1. The molecule has 21 heavy (non-hydrogen) atoms. The zero-order chi connectivity index (χ0) is 15.5. The number of hydrogen-bond donors (Lipinski definition) is 0. The fraction of sp³-hybridized carbons (Fsp3) is 0.333. The molecule has 5 nitrogen and oxygen atoms in total. The minimum absolute atomic E-state index is 0.159. The van der Waals surface area contributed by atoms with Crippen LogP contribution in [0.5, 0.6) is 0 Å². The molecule has 0 radical (unpaired) electrons. The van der Waals surface area contributed by atoms with Gasteiger partial charge in [0, 0.05) is 19.3 Å². The monoisotopic (exact) mass is 304 g/mol. The molecule has 0 unspecified atom stereocenters. The predicted molar refractivity (Wildman–Crippen MR) is 79.0 cm³/mol. The van der Waals surface area contributed by atoms with Gasteiger partial charge in [0.2, 0.25) is 0 Å². The Morgan fingerprint density at radius 3 is 2.14 bits per heavy atom. The van der Waals surface area contributed by atoms with E-state index in [2.05, 4.69) is 0 Å². The normalized spacial score (nSPS) is 16.3. The van der Waals surface area contributed by atoms with Crippen molar-refractivity contribution in [2.24, 2.45) is 0 Å². The summed E-state index contributed by atoms with van der Waals surface area (Å²) in [5.74, 6) is 0. The summed E-state index contributed by atoms with van der Waals surface area (Å²) < 4.78 is 23.9. The second-order valence-corrected chi connectivity index (χ2v) is 6.91. The molecule has 0 aromatic heterocycles. The fourth-order valence-corrected chi connectivity index (χ4v) is 3.74. The standard InChI is InChI=1S/C15H16N2O3S/c1-21(19,20)15(14(10-16)11-18)17-8-6-12-4-2-3-5-13(12)7-9-17/h2-5,11H,6-9H2,1H3. The Labute approximate surface area is 124 Å². The van der Waals surface area contributed by atoms with Crippen LogP contribution in [0.25, 0.3) is 0 Å². The van der Waals surface area contributed by atoms with E-state index in [9.17, 15) is 13.2 Å². The zero-order valence-electron chi connectivity index (χ0n) is 11.7. The Kier molecular flexibility index (Phi) is 4.43. The third-order valence-corrected chi connectivity index (χ3v) is 4.71. The molecule has 1 aromatic rings. The number of carbonyl (C=O) groups excluding carboxylic acids is 1. The molecule has 0 N–H and O–H groups in total. The minimum Gasteiger partial charge on any atom is -0.360 e. The molecule has 0 fully saturated rings. The van der Waals surface area contributed by atoms with Crippen molar-refractivity contribution in [1.29, 1.82) is 5.26 Å². The maximum atomic E-state index is 12.0. The molecule has 6 heteroatoms. The van der Waals surface area contributed by atoms with Gasteiger partial charge in [0.05, 0.1) is 0 Å². The van der Waals surface area contributed by atoms with Gasteiger partial charge in [0.1, 0.15) is 11.6 Å². The van der Waals surface area contributed by atoms with Crippen molar-refractivity contribution in [2.75, 3.05) is 19.3 Å². The van der Waals surface area contributed by atoms with E-state index in [4.69, 9.17) is 5.26 Å². The van der Waals surface area contributed by atoms with Crippen molar-refractivity contribution in [3.63, 3.8) is 0 Å². The van der Waals surface area contributed by atoms with Gasteiger partial charge in [0.15, 0.2) is 21.2 Å². The van der Waals surface area contributed by atoms with Crippen LogP contribution in [0.1, 0.15) is 11.1 Å². The lowest BCUT2D eigenvalue weighted by molar-refractivity contribution is -0.104. The lowest BCUT2D eigenvalue weighted by Crippen LogP contribution is -2.31. The molecule has 2 rings (SSSR count). The summed E-state index contributed by atoms with van der Waals surface area (Å²) in [7, 11) is -3.64. The Morgan fingerprint density at radius 2 is 1.76 bits per heavy atom. The smallest absolute Gasteiger partial charge is 0.192 e. The number of fused-ring (bicyclic) bond motifs is 1. The molecule has 0 aliphatic carbocycles. The molecule has 0 atom stereocenters. The average Bonchev–Trinajstić information content (AvgIpc) is 2.66. The molecule has 1 aliphatic rings. The summed E-state index contributed by atoms with van der Waals surface area (Å²) in [6.07, 6.45) is 2.72. The Morgan fingerprint density at radius 1 is 1.24 bits per heavy atom. The van der Waals surface area contributed by atoms with E-state index in [1.807, 2.05) is 24.3 Å². The van der Waals surface area contributed by atoms with E-state index in [-0.39, 0.29) is 10.6 Å². The van der Waals surface area contributed by atoms with Crippen LogP contribution in [0.3, 0.4) is 0 Å². The number of carbonyl (C=O) groups is 1. The number of nitriles is 1. The van der Waals surface area contributed by atoms with E-state index in [0.29, 0.717) is 32.2 Å². The molecule has 1 aromatic carbocycles. The summed E-state index contributed by atoms with van der Waals surface area (Å²) in [6, 6.07) is 9.64. The zero-order valence-corrected chi connectivity index (χ0v) is 12.6. The Bertz CT molecular complexity index is 703. The second kappa shape index (κ2) is 6.10. The third-order valence-electron chi connectivity index (χ3n) is 3.53. The van der Waals surface area contributed by atoms with Gasteiger partial charge in [-0.3, -0.25) is 4.79 Å². The first kappa shape index (κ1) is 15.3. The number of sulfone groups is 1. The number of rotatable bonds is 3. The van der Waals surface area contributed by atoms with Gasteiger partial charge in [-0.15, -0.1) is 0 Å². The fourth-order valence-electron chi connectivity index (χ4n) is 2.60. The quantitative estimate of drug-likeness (QED) is 0.474. The van der Waals surface area contributed by atoms with Crippen LogP contribution in [0, 0.1) is 11.3 Å². The molecule has 1 heterocycles. The molecule has 0 amide bonds. The van der Waals surface area contributed by atoms with Crippen LogP contribution in [0.4, 0.5) is 0 Å². The molecular weight excluding hydrogens is 288 g/mol. The van der Waals surface area contributed by atoms with Crippen molar-refractivity contribution in [3.8, 4) is 6.07 Å². The van der Waals surface area contributed by atoms with Crippen molar-refractivity contribution in [1.82, 2.24) is 4.90 Å². The second-order valence-electron chi connectivity index (χ2n) is 4.98. The summed E-state index contributed by atoms with van der Waals surface area (Å²) in [4.78, 5) is 12.6. The van der Waals surface area contributed by atoms with Crippen LogP contribution in [-0.4, -0.2) is 38.9 Å². The topological polar surface area (TPSA) is 78.2 Å². The highest BCUT2D eigenvalue weighted by Gasteiger charge is 2.26. The van der Waals surface area contributed by atoms with E-state index in [0.717, 1.165) is 6.26 Å². The van der Waals surface area contributed by atoms with E-state index in [1.165, 1.54) is 11.1 Å². The first-order chi connectivity index (χ1) is 9.97. The van der Waals surface area contributed by atoms with E-state index >= 15 is 0 Å². The predicted octanol–water partition coefficient (Wildman–Crippen LogP) is 1.07. The van der Waals surface area contributed by atoms with Gasteiger partial charge in [-0.1, -0.05) is 24.3 Å². The number of nitrogens with zero attached hydrogens (tertiary/aromatic N) is 2. The molecule has 1 aliphatic heterocycles. The Hall–Kier alpha value is -2.13. The van der Waals surface area contributed by atoms with Gasteiger partial charge in [0.25, 0.3) is 0 Å². The highest BCUT2D eigenvalue weighted by Crippen LogP contribution is 2.22. The first-order valence-corrected chi connectivity index (χ1v) is 8.48. The van der Waals surface area contributed by atoms with Crippen LogP contribution < -0.4 is 0 Å². The SMILES string of the molecule is CS(=O)(=O)C(=C(C#N)C=O)N1CCc2ccccc2CC1. The maximum absolute atomic E-state index is 12.0. The van der Waals surface area contributed by atoms with Crippen molar-refractivity contribution in [2.45, 2.75) is 12.8 Å². The first-order valence-electron chi connectivity index (χ1n) is 6.58. The van der Waals surface area contributed by atoms with Crippen molar-refractivity contribution < 1.29 is 13.2 Å². The highest BCUT2D eigenvalue weighted by molar-refractivity contribution is 7.94.